The topological polar surface area (TPSA) is 29.1 Å². The third-order valence-corrected chi connectivity index (χ3v) is 4.16. The number of amides is 1. The average Bonchev–Trinajstić information content (AvgIpc) is 2.82. The number of hydrogen-bond acceptors (Lipinski definition) is 2. The standard InChI is InChI=1S/C17H15NOS/c1-10-3-6-12(7-4-10)17(20)13-8-5-11(2)14-9-15(19)18-16(13)14/h3-8H,9H2,1-2H3,(H,18,19). The van der Waals surface area contributed by atoms with Gasteiger partial charge in [-0.25, -0.2) is 0 Å². The van der Waals surface area contributed by atoms with Crippen LogP contribution in [-0.4, -0.2) is 10.8 Å². The van der Waals surface area contributed by atoms with Gasteiger partial charge in [-0.3, -0.25) is 4.79 Å². The number of hydrogen-bond donors (Lipinski definition) is 1. The minimum Gasteiger partial charge on any atom is -0.325 e. The van der Waals surface area contributed by atoms with Crippen molar-refractivity contribution in [1.82, 2.24) is 0 Å². The lowest BCUT2D eigenvalue weighted by molar-refractivity contribution is -0.115. The fourth-order valence-corrected chi connectivity index (χ4v) is 2.82. The van der Waals surface area contributed by atoms with Crippen LogP contribution in [0.3, 0.4) is 0 Å². The highest BCUT2D eigenvalue weighted by Gasteiger charge is 2.24. The summed E-state index contributed by atoms with van der Waals surface area (Å²) in [5, 5.41) is 2.94. The quantitative estimate of drug-likeness (QED) is 0.673. The zero-order valence-corrected chi connectivity index (χ0v) is 12.3. The van der Waals surface area contributed by atoms with Crippen LogP contribution in [0.25, 0.3) is 0 Å². The first-order valence-corrected chi connectivity index (χ1v) is 7.01. The van der Waals surface area contributed by atoms with E-state index in [1.807, 2.05) is 31.2 Å². The molecule has 3 heteroatoms. The molecule has 0 aliphatic carbocycles. The molecule has 20 heavy (non-hydrogen) atoms. The molecule has 0 saturated heterocycles. The molecule has 2 aromatic rings. The summed E-state index contributed by atoms with van der Waals surface area (Å²) in [6.07, 6.45) is 0.450. The van der Waals surface area contributed by atoms with Crippen LogP contribution in [0.5, 0.6) is 0 Å². The van der Waals surface area contributed by atoms with Crippen LogP contribution in [-0.2, 0) is 11.2 Å². The number of benzene rings is 2. The number of anilines is 1. The second-order valence-electron chi connectivity index (χ2n) is 5.20. The molecule has 0 bridgehead atoms. The highest BCUT2D eigenvalue weighted by molar-refractivity contribution is 7.81. The molecule has 0 aromatic heterocycles. The summed E-state index contributed by atoms with van der Waals surface area (Å²) in [6.45, 7) is 4.08. The van der Waals surface area contributed by atoms with E-state index in [0.717, 1.165) is 32.8 Å². The summed E-state index contributed by atoms with van der Waals surface area (Å²) in [5.74, 6) is 0.0438. The number of aryl methyl sites for hydroxylation is 2. The zero-order chi connectivity index (χ0) is 14.3. The van der Waals surface area contributed by atoms with E-state index in [1.54, 1.807) is 0 Å². The Morgan fingerprint density at radius 1 is 1.10 bits per heavy atom. The highest BCUT2D eigenvalue weighted by Crippen LogP contribution is 2.32. The molecule has 1 N–H and O–H groups in total. The lowest BCUT2D eigenvalue weighted by Gasteiger charge is -2.12. The van der Waals surface area contributed by atoms with Crippen LogP contribution in [0, 0.1) is 13.8 Å². The maximum absolute atomic E-state index is 11.7. The van der Waals surface area contributed by atoms with Crippen LogP contribution in [0.4, 0.5) is 5.69 Å². The molecule has 0 radical (unpaired) electrons. The number of carbonyl (C=O) groups is 1. The summed E-state index contributed by atoms with van der Waals surface area (Å²) in [6, 6.07) is 12.2. The summed E-state index contributed by atoms with van der Waals surface area (Å²) in [5.41, 5.74) is 6.25. The van der Waals surface area contributed by atoms with Gasteiger partial charge in [0.1, 0.15) is 0 Å². The van der Waals surface area contributed by atoms with Crippen molar-refractivity contribution in [2.24, 2.45) is 0 Å². The first-order valence-electron chi connectivity index (χ1n) is 6.60. The molecule has 0 atom stereocenters. The largest absolute Gasteiger partial charge is 0.325 e. The minimum atomic E-state index is 0.0438. The molecule has 2 nitrogen and oxygen atoms in total. The van der Waals surface area contributed by atoms with Crippen molar-refractivity contribution in [3.63, 3.8) is 0 Å². The number of rotatable bonds is 2. The maximum atomic E-state index is 11.7. The van der Waals surface area contributed by atoms with E-state index in [9.17, 15) is 4.79 Å². The van der Waals surface area contributed by atoms with E-state index in [-0.39, 0.29) is 5.91 Å². The van der Waals surface area contributed by atoms with Crippen molar-refractivity contribution in [3.8, 4) is 0 Å². The van der Waals surface area contributed by atoms with E-state index in [2.05, 4.69) is 24.4 Å². The number of nitrogens with one attached hydrogen (secondary N) is 1. The van der Waals surface area contributed by atoms with Gasteiger partial charge in [-0.15, -0.1) is 0 Å². The van der Waals surface area contributed by atoms with Crippen LogP contribution in [0.1, 0.15) is 27.8 Å². The van der Waals surface area contributed by atoms with Gasteiger partial charge in [-0.2, -0.15) is 0 Å². The van der Waals surface area contributed by atoms with Crippen LogP contribution in [0.2, 0.25) is 0 Å². The SMILES string of the molecule is Cc1ccc(C(=S)c2ccc(C)c3c2NC(=O)C3)cc1. The third-order valence-electron chi connectivity index (χ3n) is 3.71. The molecule has 1 amide bonds. The molecule has 1 aliphatic rings. The van der Waals surface area contributed by atoms with E-state index in [1.165, 1.54) is 5.56 Å². The second kappa shape index (κ2) is 4.84. The molecule has 3 rings (SSSR count). The highest BCUT2D eigenvalue weighted by atomic mass is 32.1. The van der Waals surface area contributed by atoms with Crippen molar-refractivity contribution < 1.29 is 4.79 Å². The number of thiocarbonyl (C=S) groups is 1. The molecule has 0 unspecified atom stereocenters. The van der Waals surface area contributed by atoms with E-state index >= 15 is 0 Å². The lowest BCUT2D eigenvalue weighted by atomic mass is 9.97. The Kier molecular flexibility index (Phi) is 3.14. The van der Waals surface area contributed by atoms with E-state index in [0.29, 0.717) is 6.42 Å². The van der Waals surface area contributed by atoms with Gasteiger partial charge in [-0.1, -0.05) is 54.2 Å². The second-order valence-corrected chi connectivity index (χ2v) is 5.61. The monoisotopic (exact) mass is 281 g/mol. The van der Waals surface area contributed by atoms with Gasteiger partial charge in [-0.05, 0) is 30.5 Å². The van der Waals surface area contributed by atoms with Gasteiger partial charge >= 0.3 is 0 Å². The summed E-state index contributed by atoms with van der Waals surface area (Å²) < 4.78 is 0. The summed E-state index contributed by atoms with van der Waals surface area (Å²) in [4.78, 5) is 12.4. The Morgan fingerprint density at radius 3 is 2.50 bits per heavy atom. The molecule has 1 aliphatic heterocycles. The van der Waals surface area contributed by atoms with Gasteiger partial charge in [0.15, 0.2) is 0 Å². The van der Waals surface area contributed by atoms with Crippen molar-refractivity contribution in [3.05, 3.63) is 64.2 Å². The Hall–Kier alpha value is -2.00. The number of carbonyl (C=O) groups excluding carboxylic acids is 1. The fourth-order valence-electron chi connectivity index (χ4n) is 2.52. The maximum Gasteiger partial charge on any atom is 0.228 e. The van der Waals surface area contributed by atoms with E-state index in [4.69, 9.17) is 12.2 Å². The zero-order valence-electron chi connectivity index (χ0n) is 11.5. The molecular formula is C17H15NOS. The third kappa shape index (κ3) is 2.14. The molecule has 2 aromatic carbocycles. The van der Waals surface area contributed by atoms with Gasteiger partial charge in [0.2, 0.25) is 5.91 Å². The summed E-state index contributed by atoms with van der Waals surface area (Å²) >= 11 is 5.60. The van der Waals surface area contributed by atoms with Gasteiger partial charge in [0.05, 0.1) is 17.0 Å². The molecule has 100 valence electrons. The minimum absolute atomic E-state index is 0.0438. The lowest BCUT2D eigenvalue weighted by Crippen LogP contribution is -2.07. The van der Waals surface area contributed by atoms with Gasteiger partial charge in [0, 0.05) is 5.56 Å². The predicted octanol–water partition coefficient (Wildman–Crippen LogP) is 3.56. The first kappa shape index (κ1) is 13.0. The van der Waals surface area contributed by atoms with E-state index < -0.39 is 0 Å². The predicted molar refractivity (Wildman–Crippen MR) is 85.5 cm³/mol. The van der Waals surface area contributed by atoms with Crippen molar-refractivity contribution in [2.45, 2.75) is 20.3 Å². The molecule has 0 saturated carbocycles. The molecular weight excluding hydrogens is 266 g/mol. The normalized spacial score (nSPS) is 13.0. The van der Waals surface area contributed by atoms with Crippen LogP contribution < -0.4 is 5.32 Å². The fraction of sp³-hybridized carbons (Fsp3) is 0.176. The van der Waals surface area contributed by atoms with Crippen LogP contribution in [0.15, 0.2) is 36.4 Å². The van der Waals surface area contributed by atoms with Crippen LogP contribution >= 0.6 is 12.2 Å². The van der Waals surface area contributed by atoms with Crippen molar-refractivity contribution >= 4 is 28.7 Å². The number of fused-ring (bicyclic) bond motifs is 1. The Bertz CT molecular complexity index is 717. The van der Waals surface area contributed by atoms with Crippen molar-refractivity contribution in [2.75, 3.05) is 5.32 Å². The van der Waals surface area contributed by atoms with Crippen molar-refractivity contribution in [1.29, 1.82) is 0 Å². The molecule has 0 fully saturated rings. The first-order chi connectivity index (χ1) is 9.56. The van der Waals surface area contributed by atoms with Gasteiger partial charge < -0.3 is 5.32 Å². The Balaban J connectivity index is 2.08. The Labute approximate surface area is 123 Å². The molecule has 0 spiro atoms. The molecule has 1 heterocycles. The summed E-state index contributed by atoms with van der Waals surface area (Å²) in [7, 11) is 0. The van der Waals surface area contributed by atoms with Gasteiger partial charge in [0.25, 0.3) is 0 Å². The Morgan fingerprint density at radius 2 is 1.80 bits per heavy atom. The average molecular weight is 281 g/mol. The smallest absolute Gasteiger partial charge is 0.228 e.